The van der Waals surface area contributed by atoms with E-state index >= 15 is 0 Å². The second kappa shape index (κ2) is 6.23. The summed E-state index contributed by atoms with van der Waals surface area (Å²) in [4.78, 5) is 12.3. The third kappa shape index (κ3) is 3.49. The zero-order valence-corrected chi connectivity index (χ0v) is 12.9. The Kier molecular flexibility index (Phi) is 4.61. The molecule has 0 aliphatic rings. The van der Waals surface area contributed by atoms with Crippen LogP contribution in [0.3, 0.4) is 0 Å². The Bertz CT molecular complexity index is 645. The zero-order chi connectivity index (χ0) is 14.7. The lowest BCUT2D eigenvalue weighted by atomic mass is 10.1. The number of carbonyl (C=O) groups is 1. The first kappa shape index (κ1) is 14.8. The monoisotopic (exact) mass is 357 g/mol. The quantitative estimate of drug-likeness (QED) is 0.719. The van der Waals surface area contributed by atoms with E-state index in [1.165, 1.54) is 10.9 Å². The molecule has 0 spiro atoms. The van der Waals surface area contributed by atoms with Crippen LogP contribution in [0.1, 0.15) is 15.2 Å². The fourth-order valence-electron chi connectivity index (χ4n) is 1.74. The topological polar surface area (TPSA) is 81.1 Å². The summed E-state index contributed by atoms with van der Waals surface area (Å²) >= 11 is 5.01. The van der Waals surface area contributed by atoms with Crippen molar-refractivity contribution in [2.24, 2.45) is 5.73 Å². The number of nitrogens with one attached hydrogen (secondary N) is 1. The largest absolute Gasteiger partial charge is 0.398 e. The van der Waals surface area contributed by atoms with Gasteiger partial charge in [-0.2, -0.15) is 0 Å². The average Bonchev–Trinajstić information content (AvgIpc) is 2.77. The van der Waals surface area contributed by atoms with Crippen LogP contribution in [0.5, 0.6) is 0 Å². The molecule has 1 heterocycles. The lowest BCUT2D eigenvalue weighted by Gasteiger charge is -2.10. The van der Waals surface area contributed by atoms with Crippen LogP contribution in [-0.4, -0.2) is 12.5 Å². The maximum absolute atomic E-state index is 13.7. The van der Waals surface area contributed by atoms with Crippen molar-refractivity contribution >= 4 is 44.5 Å². The Morgan fingerprint density at radius 2 is 2.15 bits per heavy atom. The van der Waals surface area contributed by atoms with Gasteiger partial charge in [-0.3, -0.25) is 4.79 Å². The molecule has 0 aliphatic heterocycles. The van der Waals surface area contributed by atoms with Crippen molar-refractivity contribution in [2.75, 3.05) is 17.6 Å². The van der Waals surface area contributed by atoms with Gasteiger partial charge in [0.05, 0.1) is 15.0 Å². The molecule has 5 N–H and O–H groups in total. The summed E-state index contributed by atoms with van der Waals surface area (Å²) in [5, 5.41) is 2.95. The predicted molar refractivity (Wildman–Crippen MR) is 83.5 cm³/mol. The van der Waals surface area contributed by atoms with Crippen molar-refractivity contribution in [1.29, 1.82) is 0 Å². The number of nitrogens with two attached hydrogens (primary N) is 2. The van der Waals surface area contributed by atoms with Crippen LogP contribution in [0.15, 0.2) is 28.1 Å². The van der Waals surface area contributed by atoms with Crippen LogP contribution in [0.25, 0.3) is 0 Å². The van der Waals surface area contributed by atoms with E-state index in [1.54, 1.807) is 11.3 Å². The number of nitrogen functional groups attached to an aromatic ring is 1. The van der Waals surface area contributed by atoms with E-state index in [9.17, 15) is 9.18 Å². The van der Waals surface area contributed by atoms with Crippen LogP contribution in [0.2, 0.25) is 0 Å². The standard InChI is InChI=1S/C13H13BrFN3OS/c14-12-2-1-7(20-12)3-4-18-11-5-8(13(17)19)10(16)6-9(11)15/h1-2,5-6,18H,3-4,16H2,(H2,17,19). The van der Waals surface area contributed by atoms with Gasteiger partial charge in [-0.1, -0.05) is 0 Å². The van der Waals surface area contributed by atoms with Gasteiger partial charge in [-0.25, -0.2) is 4.39 Å². The van der Waals surface area contributed by atoms with Gasteiger partial charge in [0.2, 0.25) is 0 Å². The molecule has 0 aliphatic carbocycles. The smallest absolute Gasteiger partial charge is 0.250 e. The van der Waals surface area contributed by atoms with Gasteiger partial charge in [-0.15, -0.1) is 11.3 Å². The third-order valence-electron chi connectivity index (χ3n) is 2.72. The van der Waals surface area contributed by atoms with E-state index in [0.717, 1.165) is 16.3 Å². The highest BCUT2D eigenvalue weighted by Crippen LogP contribution is 2.24. The first-order valence-corrected chi connectivity index (χ1v) is 7.45. The highest BCUT2D eigenvalue weighted by molar-refractivity contribution is 9.11. The number of hydrogen-bond donors (Lipinski definition) is 3. The summed E-state index contributed by atoms with van der Waals surface area (Å²) in [7, 11) is 0. The van der Waals surface area contributed by atoms with Crippen LogP contribution in [-0.2, 0) is 6.42 Å². The van der Waals surface area contributed by atoms with E-state index in [2.05, 4.69) is 21.2 Å². The Balaban J connectivity index is 2.05. The highest BCUT2D eigenvalue weighted by Gasteiger charge is 2.11. The number of anilines is 2. The van der Waals surface area contributed by atoms with Crippen LogP contribution < -0.4 is 16.8 Å². The van der Waals surface area contributed by atoms with E-state index in [4.69, 9.17) is 11.5 Å². The normalized spacial score (nSPS) is 10.5. The van der Waals surface area contributed by atoms with Crippen molar-refractivity contribution in [1.82, 2.24) is 0 Å². The first-order valence-electron chi connectivity index (χ1n) is 5.84. The maximum Gasteiger partial charge on any atom is 0.250 e. The van der Waals surface area contributed by atoms with Crippen LogP contribution in [0.4, 0.5) is 15.8 Å². The number of amides is 1. The molecule has 0 unspecified atom stereocenters. The van der Waals surface area contributed by atoms with Gasteiger partial charge in [0.1, 0.15) is 5.82 Å². The molecule has 4 nitrogen and oxygen atoms in total. The van der Waals surface area contributed by atoms with Crippen molar-refractivity contribution in [2.45, 2.75) is 6.42 Å². The number of carbonyl (C=O) groups excluding carboxylic acids is 1. The van der Waals surface area contributed by atoms with E-state index in [-0.39, 0.29) is 16.9 Å². The molecule has 106 valence electrons. The molecule has 2 rings (SSSR count). The predicted octanol–water partition coefficient (Wildman–Crippen LogP) is 2.99. The maximum atomic E-state index is 13.7. The fraction of sp³-hybridized carbons (Fsp3) is 0.154. The summed E-state index contributed by atoms with van der Waals surface area (Å²) in [6.45, 7) is 0.548. The molecule has 1 aromatic carbocycles. The Morgan fingerprint density at radius 3 is 2.75 bits per heavy atom. The van der Waals surface area contributed by atoms with Gasteiger partial charge in [0, 0.05) is 17.1 Å². The van der Waals surface area contributed by atoms with Gasteiger partial charge in [0.15, 0.2) is 0 Å². The van der Waals surface area contributed by atoms with Gasteiger partial charge < -0.3 is 16.8 Å². The first-order chi connectivity index (χ1) is 9.47. The summed E-state index contributed by atoms with van der Waals surface area (Å²) in [6, 6.07) is 6.42. The number of halogens is 2. The lowest BCUT2D eigenvalue weighted by molar-refractivity contribution is 0.100. The minimum absolute atomic E-state index is 0.0442. The second-order valence-corrected chi connectivity index (χ2v) is 6.71. The number of primary amides is 1. The molecule has 0 radical (unpaired) electrons. The molecule has 0 saturated carbocycles. The molecule has 1 aromatic heterocycles. The summed E-state index contributed by atoms with van der Waals surface area (Å²) in [6.07, 6.45) is 0.756. The minimum atomic E-state index is -0.673. The zero-order valence-electron chi connectivity index (χ0n) is 10.5. The molecule has 0 atom stereocenters. The van der Waals surface area contributed by atoms with Crippen LogP contribution >= 0.6 is 27.3 Å². The fourth-order valence-corrected chi connectivity index (χ4v) is 3.23. The Labute approximate surface area is 128 Å². The van der Waals surface area contributed by atoms with E-state index < -0.39 is 11.7 Å². The van der Waals surface area contributed by atoms with Gasteiger partial charge >= 0.3 is 0 Å². The number of thiophene rings is 1. The summed E-state index contributed by atoms with van der Waals surface area (Å²) in [5.41, 5.74) is 11.1. The Hall–Kier alpha value is -1.60. The molecular formula is C13H13BrFN3OS. The van der Waals surface area contributed by atoms with Crippen molar-refractivity contribution in [3.8, 4) is 0 Å². The van der Waals surface area contributed by atoms with E-state index in [0.29, 0.717) is 6.54 Å². The third-order valence-corrected chi connectivity index (χ3v) is 4.40. The van der Waals surface area contributed by atoms with Gasteiger partial charge in [0.25, 0.3) is 5.91 Å². The summed E-state index contributed by atoms with van der Waals surface area (Å²) in [5.74, 6) is -1.17. The number of benzene rings is 1. The molecule has 0 saturated heterocycles. The molecule has 20 heavy (non-hydrogen) atoms. The minimum Gasteiger partial charge on any atom is -0.398 e. The van der Waals surface area contributed by atoms with E-state index in [1.807, 2.05) is 12.1 Å². The molecule has 1 amide bonds. The molecule has 7 heteroatoms. The van der Waals surface area contributed by atoms with Crippen molar-refractivity contribution in [3.63, 3.8) is 0 Å². The van der Waals surface area contributed by atoms with Crippen LogP contribution in [0, 0.1) is 5.82 Å². The van der Waals surface area contributed by atoms with Crippen molar-refractivity contribution < 1.29 is 9.18 Å². The molecule has 0 fully saturated rings. The summed E-state index contributed by atoms with van der Waals surface area (Å²) < 4.78 is 14.8. The van der Waals surface area contributed by atoms with Gasteiger partial charge in [-0.05, 0) is 46.6 Å². The molecular weight excluding hydrogens is 345 g/mol. The average molecular weight is 358 g/mol. The Morgan fingerprint density at radius 1 is 1.40 bits per heavy atom. The highest BCUT2D eigenvalue weighted by atomic mass is 79.9. The number of hydrogen-bond acceptors (Lipinski definition) is 4. The molecule has 0 bridgehead atoms. The SMILES string of the molecule is NC(=O)c1cc(NCCc2ccc(Br)s2)c(F)cc1N. The number of rotatable bonds is 5. The van der Waals surface area contributed by atoms with Crippen molar-refractivity contribution in [3.05, 3.63) is 44.3 Å². The molecule has 2 aromatic rings. The second-order valence-electron chi connectivity index (χ2n) is 4.17. The lowest BCUT2D eigenvalue weighted by Crippen LogP contribution is -2.15.